The smallest absolute Gasteiger partial charge is 0.356 e. The van der Waals surface area contributed by atoms with Crippen molar-refractivity contribution in [2.45, 2.75) is 13.8 Å². The highest BCUT2D eigenvalue weighted by molar-refractivity contribution is 5.68. The second kappa shape index (κ2) is 5.24. The Morgan fingerprint density at radius 1 is 1.29 bits per heavy atom. The second-order valence-electron chi connectivity index (χ2n) is 3.04. The molecule has 17 heavy (non-hydrogen) atoms. The largest absolute Gasteiger partial charge is 0.504 e. The fraction of sp³-hybridized carbons (Fsp3) is 0.400. The Balaban J connectivity index is 3.45. The van der Waals surface area contributed by atoms with Crippen LogP contribution in [0.25, 0.3) is 0 Å². The summed E-state index contributed by atoms with van der Waals surface area (Å²) in [6, 6.07) is 0.986. The summed E-state index contributed by atoms with van der Waals surface area (Å²) in [4.78, 5) is 10.2. The Labute approximate surface area is 97.4 Å². The summed E-state index contributed by atoms with van der Waals surface area (Å²) in [6.07, 6.45) is 0. The van der Waals surface area contributed by atoms with E-state index in [1.165, 1.54) is 0 Å². The van der Waals surface area contributed by atoms with Gasteiger partial charge in [-0.25, -0.2) is 0 Å². The molecule has 0 aliphatic carbocycles. The van der Waals surface area contributed by atoms with Crippen molar-refractivity contribution >= 4 is 5.69 Å². The summed E-state index contributed by atoms with van der Waals surface area (Å²) >= 11 is 0. The van der Waals surface area contributed by atoms with Crippen molar-refractivity contribution in [1.82, 2.24) is 0 Å². The first-order valence-electron chi connectivity index (χ1n) is 5.01. The SMILES string of the molecule is CCOc1cc(O)c(O)c(OCC)c1[N+](=O)[O-]. The lowest BCUT2D eigenvalue weighted by Crippen LogP contribution is -2.02. The lowest BCUT2D eigenvalue weighted by atomic mass is 10.2. The van der Waals surface area contributed by atoms with E-state index < -0.39 is 22.1 Å². The quantitative estimate of drug-likeness (QED) is 0.464. The number of benzene rings is 1. The van der Waals surface area contributed by atoms with Gasteiger partial charge < -0.3 is 19.7 Å². The van der Waals surface area contributed by atoms with E-state index in [2.05, 4.69) is 0 Å². The summed E-state index contributed by atoms with van der Waals surface area (Å²) in [5.41, 5.74) is -0.496. The van der Waals surface area contributed by atoms with Gasteiger partial charge in [0.05, 0.1) is 18.1 Å². The predicted molar refractivity (Wildman–Crippen MR) is 58.8 cm³/mol. The van der Waals surface area contributed by atoms with Crippen LogP contribution in [0.2, 0.25) is 0 Å². The van der Waals surface area contributed by atoms with Crippen LogP contribution >= 0.6 is 0 Å². The predicted octanol–water partition coefficient (Wildman–Crippen LogP) is 1.80. The van der Waals surface area contributed by atoms with Gasteiger partial charge in [0, 0.05) is 6.07 Å². The summed E-state index contributed by atoms with van der Waals surface area (Å²) in [5, 5.41) is 29.8. The zero-order valence-corrected chi connectivity index (χ0v) is 9.47. The maximum Gasteiger partial charge on any atom is 0.356 e. The van der Waals surface area contributed by atoms with Crippen molar-refractivity contribution in [2.75, 3.05) is 13.2 Å². The summed E-state index contributed by atoms with van der Waals surface area (Å²) in [5.74, 6) is -1.72. The third-order valence-corrected chi connectivity index (χ3v) is 1.95. The van der Waals surface area contributed by atoms with Gasteiger partial charge in [0.15, 0.2) is 5.75 Å². The molecule has 2 N–H and O–H groups in total. The van der Waals surface area contributed by atoms with Crippen LogP contribution in [0, 0.1) is 10.1 Å². The third-order valence-electron chi connectivity index (χ3n) is 1.95. The lowest BCUT2D eigenvalue weighted by molar-refractivity contribution is -0.387. The van der Waals surface area contributed by atoms with Crippen molar-refractivity contribution in [2.24, 2.45) is 0 Å². The fourth-order valence-electron chi connectivity index (χ4n) is 1.32. The van der Waals surface area contributed by atoms with Gasteiger partial charge in [0.1, 0.15) is 0 Å². The van der Waals surface area contributed by atoms with Gasteiger partial charge in [-0.05, 0) is 13.8 Å². The molecular formula is C10H13NO6. The number of rotatable bonds is 5. The Hall–Kier alpha value is -2.18. The number of ether oxygens (including phenoxy) is 2. The molecule has 0 saturated heterocycles. The zero-order chi connectivity index (χ0) is 13.0. The molecule has 0 atom stereocenters. The number of hydrogen-bond donors (Lipinski definition) is 2. The van der Waals surface area contributed by atoms with Crippen molar-refractivity contribution < 1.29 is 24.6 Å². The number of phenols is 2. The molecule has 0 spiro atoms. The van der Waals surface area contributed by atoms with Gasteiger partial charge in [0.2, 0.25) is 17.2 Å². The number of nitro groups is 1. The van der Waals surface area contributed by atoms with Gasteiger partial charge in [-0.15, -0.1) is 0 Å². The van der Waals surface area contributed by atoms with E-state index in [-0.39, 0.29) is 24.7 Å². The highest BCUT2D eigenvalue weighted by Crippen LogP contribution is 2.48. The molecule has 0 saturated carbocycles. The molecule has 1 aromatic carbocycles. The van der Waals surface area contributed by atoms with Crippen LogP contribution in [0.5, 0.6) is 23.0 Å². The molecule has 0 unspecified atom stereocenters. The van der Waals surface area contributed by atoms with Gasteiger partial charge >= 0.3 is 5.69 Å². The molecule has 1 rings (SSSR count). The van der Waals surface area contributed by atoms with Crippen molar-refractivity contribution in [1.29, 1.82) is 0 Å². The minimum Gasteiger partial charge on any atom is -0.504 e. The third kappa shape index (κ3) is 2.49. The number of aromatic hydroxyl groups is 2. The molecule has 0 bridgehead atoms. The summed E-state index contributed by atoms with van der Waals surface area (Å²) in [6.45, 7) is 3.56. The Kier molecular flexibility index (Phi) is 3.97. The molecule has 0 fully saturated rings. The second-order valence-corrected chi connectivity index (χ2v) is 3.04. The number of phenolic OH excluding ortho intramolecular Hbond substituents is 2. The fourth-order valence-corrected chi connectivity index (χ4v) is 1.32. The Bertz CT molecular complexity index is 431. The molecule has 0 amide bonds. The van der Waals surface area contributed by atoms with E-state index in [0.29, 0.717) is 0 Å². The zero-order valence-electron chi connectivity index (χ0n) is 9.47. The average molecular weight is 243 g/mol. The van der Waals surface area contributed by atoms with Crippen LogP contribution in [-0.4, -0.2) is 28.4 Å². The summed E-state index contributed by atoms with van der Waals surface area (Å²) < 4.78 is 9.99. The number of nitrogens with zero attached hydrogens (tertiary/aromatic N) is 1. The molecule has 0 heterocycles. The van der Waals surface area contributed by atoms with Crippen LogP contribution in [-0.2, 0) is 0 Å². The van der Waals surface area contributed by atoms with E-state index in [9.17, 15) is 20.3 Å². The van der Waals surface area contributed by atoms with E-state index in [1.54, 1.807) is 13.8 Å². The van der Waals surface area contributed by atoms with Crippen molar-refractivity contribution in [3.8, 4) is 23.0 Å². The van der Waals surface area contributed by atoms with Crippen molar-refractivity contribution in [3.05, 3.63) is 16.2 Å². The van der Waals surface area contributed by atoms with Gasteiger partial charge in [-0.2, -0.15) is 0 Å². The van der Waals surface area contributed by atoms with Gasteiger partial charge in [0.25, 0.3) is 0 Å². The first-order chi connectivity index (χ1) is 8.02. The van der Waals surface area contributed by atoms with Crippen LogP contribution in [0.3, 0.4) is 0 Å². The molecule has 7 nitrogen and oxygen atoms in total. The van der Waals surface area contributed by atoms with Gasteiger partial charge in [-0.3, -0.25) is 10.1 Å². The highest BCUT2D eigenvalue weighted by Gasteiger charge is 2.29. The normalized spacial score (nSPS) is 10.0. The van der Waals surface area contributed by atoms with E-state index in [4.69, 9.17) is 9.47 Å². The standard InChI is InChI=1S/C10H13NO6/c1-3-16-7-5-6(12)9(13)10(17-4-2)8(7)11(14)15/h5,12-13H,3-4H2,1-2H3. The first kappa shape index (κ1) is 12.9. The first-order valence-corrected chi connectivity index (χ1v) is 5.01. The number of hydrogen-bond acceptors (Lipinski definition) is 6. The molecule has 0 aliphatic rings. The Morgan fingerprint density at radius 3 is 2.35 bits per heavy atom. The topological polar surface area (TPSA) is 102 Å². The molecule has 94 valence electrons. The monoisotopic (exact) mass is 243 g/mol. The molecular weight excluding hydrogens is 230 g/mol. The maximum absolute atomic E-state index is 10.9. The van der Waals surface area contributed by atoms with Gasteiger partial charge in [-0.1, -0.05) is 0 Å². The molecule has 7 heteroatoms. The Morgan fingerprint density at radius 2 is 1.88 bits per heavy atom. The molecule has 1 aromatic rings. The molecule has 0 aliphatic heterocycles. The highest BCUT2D eigenvalue weighted by atomic mass is 16.6. The molecule has 0 aromatic heterocycles. The van der Waals surface area contributed by atoms with E-state index in [0.717, 1.165) is 6.07 Å². The van der Waals surface area contributed by atoms with Crippen LogP contribution in [0.4, 0.5) is 5.69 Å². The van der Waals surface area contributed by atoms with Crippen LogP contribution in [0.15, 0.2) is 6.07 Å². The minimum atomic E-state index is -0.727. The molecule has 0 radical (unpaired) electrons. The van der Waals surface area contributed by atoms with Crippen LogP contribution in [0.1, 0.15) is 13.8 Å². The van der Waals surface area contributed by atoms with Crippen molar-refractivity contribution in [3.63, 3.8) is 0 Å². The van der Waals surface area contributed by atoms with Crippen LogP contribution < -0.4 is 9.47 Å². The number of nitro benzene ring substituents is 1. The van der Waals surface area contributed by atoms with E-state index in [1.807, 2.05) is 0 Å². The average Bonchev–Trinajstić information content (AvgIpc) is 2.25. The summed E-state index contributed by atoms with van der Waals surface area (Å²) in [7, 11) is 0. The minimum absolute atomic E-state index is 0.115. The van der Waals surface area contributed by atoms with E-state index >= 15 is 0 Å². The lowest BCUT2D eigenvalue weighted by Gasteiger charge is -2.11. The maximum atomic E-state index is 10.9.